The Labute approximate surface area is 108 Å². The van der Waals surface area contributed by atoms with E-state index in [0.29, 0.717) is 6.04 Å². The fraction of sp³-hybridized carbons (Fsp3) is 0.714. The number of thiophene rings is 1. The second kappa shape index (κ2) is 5.51. The van der Waals surface area contributed by atoms with Crippen LogP contribution in [0.2, 0.25) is 0 Å². The number of nitrogens with one attached hydrogen (secondary N) is 1. The van der Waals surface area contributed by atoms with E-state index in [-0.39, 0.29) is 5.60 Å². The Morgan fingerprint density at radius 2 is 2.18 bits per heavy atom. The molecular formula is C14H23NOS. The molecule has 0 saturated heterocycles. The first-order valence-corrected chi connectivity index (χ1v) is 7.46. The summed E-state index contributed by atoms with van der Waals surface area (Å²) in [5.74, 6) is 0. The van der Waals surface area contributed by atoms with Crippen LogP contribution >= 0.6 is 11.3 Å². The molecule has 1 aromatic heterocycles. The summed E-state index contributed by atoms with van der Waals surface area (Å²) in [5.41, 5.74) is 1.45. The van der Waals surface area contributed by atoms with Crippen molar-refractivity contribution in [3.63, 3.8) is 0 Å². The van der Waals surface area contributed by atoms with Gasteiger partial charge < -0.3 is 10.1 Å². The van der Waals surface area contributed by atoms with Gasteiger partial charge in [0.1, 0.15) is 0 Å². The number of hydrogen-bond donors (Lipinski definition) is 1. The van der Waals surface area contributed by atoms with Gasteiger partial charge in [-0.2, -0.15) is 0 Å². The van der Waals surface area contributed by atoms with Crippen LogP contribution in [0.1, 0.15) is 49.1 Å². The van der Waals surface area contributed by atoms with Crippen molar-refractivity contribution in [2.75, 3.05) is 13.7 Å². The van der Waals surface area contributed by atoms with E-state index in [1.807, 2.05) is 11.3 Å². The molecule has 1 saturated carbocycles. The highest BCUT2D eigenvalue weighted by molar-refractivity contribution is 7.10. The van der Waals surface area contributed by atoms with Gasteiger partial charge in [-0.05, 0) is 50.7 Å². The van der Waals surface area contributed by atoms with Crippen molar-refractivity contribution in [3.05, 3.63) is 21.9 Å². The fourth-order valence-corrected chi connectivity index (χ4v) is 3.91. The standard InChI is InChI=1S/C14H23NOS/c1-4-16-14(8-5-6-9-14)13(15-3)12-7-10-17-11(12)2/h7,10,13,15H,4-6,8-9H2,1-3H3. The van der Waals surface area contributed by atoms with Gasteiger partial charge in [0.15, 0.2) is 0 Å². The molecule has 1 fully saturated rings. The van der Waals surface area contributed by atoms with Crippen LogP contribution in [0.4, 0.5) is 0 Å². The molecule has 0 spiro atoms. The Morgan fingerprint density at radius 3 is 2.65 bits per heavy atom. The molecule has 96 valence electrons. The zero-order chi connectivity index (χ0) is 12.3. The quantitative estimate of drug-likeness (QED) is 0.864. The molecule has 3 heteroatoms. The van der Waals surface area contributed by atoms with E-state index in [1.54, 1.807) is 0 Å². The van der Waals surface area contributed by atoms with Crippen molar-refractivity contribution in [1.29, 1.82) is 0 Å². The van der Waals surface area contributed by atoms with Crippen LogP contribution in [0.5, 0.6) is 0 Å². The molecule has 2 nitrogen and oxygen atoms in total. The van der Waals surface area contributed by atoms with Crippen LogP contribution in [0.25, 0.3) is 0 Å². The Balaban J connectivity index is 2.29. The Bertz CT molecular complexity index is 355. The molecule has 0 aromatic carbocycles. The normalized spacial score (nSPS) is 20.6. The molecule has 1 atom stereocenters. The van der Waals surface area contributed by atoms with Crippen LogP contribution in [0, 0.1) is 6.92 Å². The third-order valence-electron chi connectivity index (χ3n) is 3.91. The molecule has 1 aliphatic carbocycles. The zero-order valence-corrected chi connectivity index (χ0v) is 11.9. The molecule has 1 N–H and O–H groups in total. The van der Waals surface area contributed by atoms with Crippen LogP contribution in [-0.2, 0) is 4.74 Å². The average Bonchev–Trinajstić information content (AvgIpc) is 2.92. The van der Waals surface area contributed by atoms with E-state index >= 15 is 0 Å². The maximum atomic E-state index is 6.16. The van der Waals surface area contributed by atoms with Gasteiger partial charge in [-0.1, -0.05) is 12.8 Å². The van der Waals surface area contributed by atoms with Crippen molar-refractivity contribution in [1.82, 2.24) is 5.32 Å². The van der Waals surface area contributed by atoms with Gasteiger partial charge in [-0.15, -0.1) is 11.3 Å². The Hall–Kier alpha value is -0.380. The highest BCUT2D eigenvalue weighted by Gasteiger charge is 2.42. The first kappa shape index (κ1) is 13.1. The minimum atomic E-state index is 0.0231. The number of hydrogen-bond acceptors (Lipinski definition) is 3. The summed E-state index contributed by atoms with van der Waals surface area (Å²) in [6.45, 7) is 5.12. The minimum Gasteiger partial charge on any atom is -0.373 e. The molecule has 1 aliphatic rings. The molecule has 1 heterocycles. The Morgan fingerprint density at radius 1 is 1.47 bits per heavy atom. The van der Waals surface area contributed by atoms with Crippen molar-refractivity contribution >= 4 is 11.3 Å². The van der Waals surface area contributed by atoms with Crippen molar-refractivity contribution in [3.8, 4) is 0 Å². The monoisotopic (exact) mass is 253 g/mol. The van der Waals surface area contributed by atoms with E-state index in [9.17, 15) is 0 Å². The first-order chi connectivity index (χ1) is 8.23. The SMILES string of the molecule is CCOC1(C(NC)c2ccsc2C)CCCC1. The fourth-order valence-electron chi connectivity index (χ4n) is 3.17. The highest BCUT2D eigenvalue weighted by Crippen LogP contribution is 2.44. The van der Waals surface area contributed by atoms with Gasteiger partial charge in [0.25, 0.3) is 0 Å². The smallest absolute Gasteiger partial charge is 0.0876 e. The molecule has 1 unspecified atom stereocenters. The van der Waals surface area contributed by atoms with Crippen LogP contribution in [0.3, 0.4) is 0 Å². The van der Waals surface area contributed by atoms with Crippen LogP contribution in [0.15, 0.2) is 11.4 Å². The molecule has 1 aromatic rings. The third kappa shape index (κ3) is 2.42. The summed E-state index contributed by atoms with van der Waals surface area (Å²) in [6, 6.07) is 2.59. The summed E-state index contributed by atoms with van der Waals surface area (Å²) in [7, 11) is 2.06. The lowest BCUT2D eigenvalue weighted by molar-refractivity contribution is -0.0610. The zero-order valence-electron chi connectivity index (χ0n) is 11.1. The van der Waals surface area contributed by atoms with E-state index in [0.717, 1.165) is 6.61 Å². The summed E-state index contributed by atoms with van der Waals surface area (Å²) < 4.78 is 6.16. The van der Waals surface area contributed by atoms with Gasteiger partial charge in [-0.3, -0.25) is 0 Å². The molecule has 0 radical (unpaired) electrons. The molecule has 0 amide bonds. The van der Waals surface area contributed by atoms with E-state index in [4.69, 9.17) is 4.74 Å². The molecule has 0 aliphatic heterocycles. The number of likely N-dealkylation sites (N-methyl/N-ethyl adjacent to an activating group) is 1. The molecule has 0 bridgehead atoms. The molecule has 17 heavy (non-hydrogen) atoms. The number of rotatable bonds is 5. The first-order valence-electron chi connectivity index (χ1n) is 6.58. The summed E-state index contributed by atoms with van der Waals surface area (Å²) >= 11 is 1.83. The number of aryl methyl sites for hydroxylation is 1. The van der Waals surface area contributed by atoms with Crippen LogP contribution < -0.4 is 5.32 Å². The van der Waals surface area contributed by atoms with E-state index in [2.05, 4.69) is 37.7 Å². The lowest BCUT2D eigenvalue weighted by Gasteiger charge is -2.37. The van der Waals surface area contributed by atoms with Gasteiger partial charge >= 0.3 is 0 Å². The highest BCUT2D eigenvalue weighted by atomic mass is 32.1. The second-order valence-electron chi connectivity index (χ2n) is 4.86. The minimum absolute atomic E-state index is 0.0231. The largest absolute Gasteiger partial charge is 0.373 e. The molecule has 2 rings (SSSR count). The molecular weight excluding hydrogens is 230 g/mol. The maximum absolute atomic E-state index is 6.16. The predicted octanol–water partition coefficient (Wildman–Crippen LogP) is 3.67. The van der Waals surface area contributed by atoms with Gasteiger partial charge in [-0.25, -0.2) is 0 Å². The summed E-state index contributed by atoms with van der Waals surface area (Å²) in [5, 5.41) is 5.68. The summed E-state index contributed by atoms with van der Waals surface area (Å²) in [4.78, 5) is 1.41. The number of ether oxygens (including phenoxy) is 1. The van der Waals surface area contributed by atoms with Gasteiger partial charge in [0, 0.05) is 11.5 Å². The van der Waals surface area contributed by atoms with E-state index in [1.165, 1.54) is 36.1 Å². The van der Waals surface area contributed by atoms with Crippen molar-refractivity contribution in [2.24, 2.45) is 0 Å². The van der Waals surface area contributed by atoms with Crippen molar-refractivity contribution < 1.29 is 4.74 Å². The van der Waals surface area contributed by atoms with Gasteiger partial charge in [0.2, 0.25) is 0 Å². The van der Waals surface area contributed by atoms with Crippen molar-refractivity contribution in [2.45, 2.75) is 51.2 Å². The third-order valence-corrected chi connectivity index (χ3v) is 4.77. The maximum Gasteiger partial charge on any atom is 0.0876 e. The summed E-state index contributed by atoms with van der Waals surface area (Å²) in [6.07, 6.45) is 4.95. The topological polar surface area (TPSA) is 21.3 Å². The van der Waals surface area contributed by atoms with E-state index < -0.39 is 0 Å². The Kier molecular flexibility index (Phi) is 4.23. The second-order valence-corrected chi connectivity index (χ2v) is 5.98. The average molecular weight is 253 g/mol. The lowest BCUT2D eigenvalue weighted by atomic mass is 9.87. The predicted molar refractivity (Wildman–Crippen MR) is 73.7 cm³/mol. The van der Waals surface area contributed by atoms with Crippen LogP contribution in [-0.4, -0.2) is 19.3 Å². The van der Waals surface area contributed by atoms with Gasteiger partial charge in [0.05, 0.1) is 11.6 Å². The lowest BCUT2D eigenvalue weighted by Crippen LogP contribution is -2.43.